The molecule has 1 saturated carbocycles. The number of rotatable bonds is 9. The Morgan fingerprint density at radius 2 is 1.79 bits per heavy atom. The van der Waals surface area contributed by atoms with Crippen LogP contribution in [0, 0.1) is 0 Å². The zero-order valence-electron chi connectivity index (χ0n) is 22.4. The summed E-state index contributed by atoms with van der Waals surface area (Å²) in [5.41, 5.74) is 2.74. The molecule has 1 aromatic carbocycles. The highest BCUT2D eigenvalue weighted by molar-refractivity contribution is 5.95. The Morgan fingerprint density at radius 3 is 2.46 bits per heavy atom. The first-order valence-corrected chi connectivity index (χ1v) is 13.1. The summed E-state index contributed by atoms with van der Waals surface area (Å²) >= 11 is 0. The standard InChI is InChI=1S/C26H36F3N7O3/c1-36-12-10-17(11-13-36)31-24(37)16-8-9-21(22(14-16)38-2)33-25-30-15-18(26(27,28)29)23(34-25)32-19-6-4-5-7-20(19)35-39-3/h8-9,14-15,17,19-20,35H,4-7,10-13H2,1-3H3,(H,31,37)(H2,30,32,33,34)/t19-,20-/m1/s1. The van der Waals surface area contributed by atoms with Crippen LogP contribution >= 0.6 is 0 Å². The molecular weight excluding hydrogens is 515 g/mol. The number of carbonyl (C=O) groups excluding carboxylic acids is 1. The molecular formula is C26H36F3N7O3. The number of ether oxygens (including phenoxy) is 1. The molecule has 2 heterocycles. The molecule has 0 radical (unpaired) electrons. The number of carbonyl (C=O) groups is 1. The quantitative estimate of drug-likeness (QED) is 0.344. The van der Waals surface area contributed by atoms with Gasteiger partial charge in [0.05, 0.1) is 25.9 Å². The minimum atomic E-state index is -4.64. The van der Waals surface area contributed by atoms with Gasteiger partial charge in [-0.25, -0.2) is 4.98 Å². The van der Waals surface area contributed by atoms with E-state index in [9.17, 15) is 18.0 Å². The molecule has 0 bridgehead atoms. The third-order valence-electron chi connectivity index (χ3n) is 7.22. The van der Waals surface area contributed by atoms with E-state index in [2.05, 4.69) is 43.3 Å². The van der Waals surface area contributed by atoms with Crippen molar-refractivity contribution < 1.29 is 27.5 Å². The van der Waals surface area contributed by atoms with Crippen molar-refractivity contribution in [3.05, 3.63) is 35.5 Å². The Labute approximate surface area is 226 Å². The number of anilines is 3. The Hall–Kier alpha value is -3.16. The van der Waals surface area contributed by atoms with E-state index < -0.39 is 11.7 Å². The van der Waals surface area contributed by atoms with Gasteiger partial charge in [0.1, 0.15) is 17.1 Å². The van der Waals surface area contributed by atoms with Gasteiger partial charge in [0.25, 0.3) is 5.91 Å². The molecule has 1 amide bonds. The molecule has 0 spiro atoms. The van der Waals surface area contributed by atoms with E-state index in [-0.39, 0.29) is 35.8 Å². The average Bonchev–Trinajstić information content (AvgIpc) is 2.91. The maximum absolute atomic E-state index is 13.8. The molecule has 1 saturated heterocycles. The van der Waals surface area contributed by atoms with Crippen molar-refractivity contribution in [3.8, 4) is 5.75 Å². The summed E-state index contributed by atoms with van der Waals surface area (Å²) in [6, 6.07) is 4.46. The van der Waals surface area contributed by atoms with Crippen LogP contribution in [0.2, 0.25) is 0 Å². The van der Waals surface area contributed by atoms with E-state index in [1.54, 1.807) is 18.2 Å². The van der Waals surface area contributed by atoms with E-state index in [0.29, 0.717) is 23.4 Å². The van der Waals surface area contributed by atoms with Gasteiger partial charge in [0, 0.05) is 23.8 Å². The van der Waals surface area contributed by atoms with E-state index in [1.165, 1.54) is 14.2 Å². The fourth-order valence-electron chi connectivity index (χ4n) is 5.01. The Kier molecular flexibility index (Phi) is 9.46. The molecule has 1 aliphatic heterocycles. The number of amides is 1. The topological polar surface area (TPSA) is 113 Å². The molecule has 2 aromatic rings. The van der Waals surface area contributed by atoms with E-state index in [0.717, 1.165) is 51.4 Å². The number of piperidine rings is 1. The van der Waals surface area contributed by atoms with Gasteiger partial charge in [-0.2, -0.15) is 23.6 Å². The van der Waals surface area contributed by atoms with Crippen molar-refractivity contribution in [2.24, 2.45) is 0 Å². The molecule has 4 rings (SSSR count). The number of hydroxylamine groups is 1. The summed E-state index contributed by atoms with van der Waals surface area (Å²) in [7, 11) is 4.99. The Bertz CT molecular complexity index is 1120. The smallest absolute Gasteiger partial charge is 0.421 e. The molecule has 4 N–H and O–H groups in total. The maximum atomic E-state index is 13.8. The third-order valence-corrected chi connectivity index (χ3v) is 7.22. The number of hydrogen-bond acceptors (Lipinski definition) is 9. The summed E-state index contributed by atoms with van der Waals surface area (Å²) in [6.07, 6.45) is 1.14. The summed E-state index contributed by atoms with van der Waals surface area (Å²) in [4.78, 5) is 28.2. The van der Waals surface area contributed by atoms with Crippen LogP contribution in [0.4, 0.5) is 30.6 Å². The van der Waals surface area contributed by atoms with Crippen LogP contribution in [0.1, 0.15) is 54.4 Å². The van der Waals surface area contributed by atoms with E-state index in [4.69, 9.17) is 9.57 Å². The van der Waals surface area contributed by atoms with Crippen molar-refractivity contribution in [3.63, 3.8) is 0 Å². The first-order chi connectivity index (χ1) is 18.7. The van der Waals surface area contributed by atoms with Gasteiger partial charge < -0.3 is 30.4 Å². The van der Waals surface area contributed by atoms with Gasteiger partial charge in [-0.3, -0.25) is 4.79 Å². The summed E-state index contributed by atoms with van der Waals surface area (Å²) in [5, 5.41) is 8.97. The predicted molar refractivity (Wildman–Crippen MR) is 141 cm³/mol. The lowest BCUT2D eigenvalue weighted by Crippen LogP contribution is -2.46. The SMILES string of the molecule is CON[C@@H]1CCCC[C@H]1Nc1nc(Nc2ccc(C(=O)NC3CCN(C)CC3)cc2OC)ncc1C(F)(F)F. The van der Waals surface area contributed by atoms with Crippen LogP contribution in [0.3, 0.4) is 0 Å². The number of aromatic nitrogens is 2. The fraction of sp³-hybridized carbons (Fsp3) is 0.577. The molecule has 13 heteroatoms. The third kappa shape index (κ3) is 7.49. The van der Waals surface area contributed by atoms with Crippen LogP contribution in [-0.4, -0.2) is 73.3 Å². The second-order valence-corrected chi connectivity index (χ2v) is 10.0. The van der Waals surface area contributed by atoms with Crippen LogP contribution in [0.5, 0.6) is 5.75 Å². The fourth-order valence-corrected chi connectivity index (χ4v) is 5.01. The number of methoxy groups -OCH3 is 1. The maximum Gasteiger partial charge on any atom is 0.421 e. The van der Waals surface area contributed by atoms with E-state index >= 15 is 0 Å². The minimum Gasteiger partial charge on any atom is -0.495 e. The molecule has 1 aromatic heterocycles. The van der Waals surface area contributed by atoms with Crippen LogP contribution in [0.15, 0.2) is 24.4 Å². The van der Waals surface area contributed by atoms with Crippen LogP contribution < -0.4 is 26.2 Å². The lowest BCUT2D eigenvalue weighted by molar-refractivity contribution is -0.137. The number of likely N-dealkylation sites (tertiary alicyclic amines) is 1. The first kappa shape index (κ1) is 28.8. The van der Waals surface area contributed by atoms with Crippen molar-refractivity contribution >= 4 is 23.4 Å². The molecule has 2 aliphatic rings. The molecule has 2 atom stereocenters. The van der Waals surface area contributed by atoms with Crippen molar-refractivity contribution in [2.45, 2.75) is 62.8 Å². The Morgan fingerprint density at radius 1 is 1.08 bits per heavy atom. The minimum absolute atomic E-state index is 0.0422. The molecule has 1 aliphatic carbocycles. The van der Waals surface area contributed by atoms with Gasteiger partial charge >= 0.3 is 6.18 Å². The van der Waals surface area contributed by atoms with Gasteiger partial charge in [-0.05, 0) is 64.0 Å². The first-order valence-electron chi connectivity index (χ1n) is 13.1. The monoisotopic (exact) mass is 551 g/mol. The zero-order valence-corrected chi connectivity index (χ0v) is 22.4. The average molecular weight is 552 g/mol. The largest absolute Gasteiger partial charge is 0.495 e. The van der Waals surface area contributed by atoms with Gasteiger partial charge in [-0.1, -0.05) is 12.8 Å². The summed E-state index contributed by atoms with van der Waals surface area (Å²) < 4.78 is 46.8. The normalized spacial score (nSPS) is 20.9. The number of hydrogen-bond donors (Lipinski definition) is 4. The summed E-state index contributed by atoms with van der Waals surface area (Å²) in [6.45, 7) is 1.84. The zero-order chi connectivity index (χ0) is 28.0. The van der Waals surface area contributed by atoms with Crippen molar-refractivity contribution in [2.75, 3.05) is 45.0 Å². The number of nitrogens with one attached hydrogen (secondary N) is 4. The van der Waals surface area contributed by atoms with Crippen LogP contribution in [-0.2, 0) is 11.0 Å². The predicted octanol–water partition coefficient (Wildman–Crippen LogP) is 3.95. The van der Waals surface area contributed by atoms with Gasteiger partial charge in [0.15, 0.2) is 0 Å². The molecule has 2 fully saturated rings. The number of benzene rings is 1. The second kappa shape index (κ2) is 12.8. The summed E-state index contributed by atoms with van der Waals surface area (Å²) in [5.74, 6) is -0.235. The van der Waals surface area contributed by atoms with Gasteiger partial charge in [0.2, 0.25) is 5.95 Å². The second-order valence-electron chi connectivity index (χ2n) is 10.0. The lowest BCUT2D eigenvalue weighted by atomic mass is 9.91. The number of halogens is 3. The van der Waals surface area contributed by atoms with Crippen LogP contribution in [0.25, 0.3) is 0 Å². The Balaban J connectivity index is 1.52. The number of nitrogens with zero attached hydrogens (tertiary/aromatic N) is 3. The number of alkyl halides is 3. The highest BCUT2D eigenvalue weighted by Gasteiger charge is 2.37. The molecule has 10 nitrogen and oxygen atoms in total. The van der Waals surface area contributed by atoms with Crippen molar-refractivity contribution in [1.82, 2.24) is 25.7 Å². The highest BCUT2D eigenvalue weighted by Crippen LogP contribution is 2.36. The van der Waals surface area contributed by atoms with Crippen molar-refractivity contribution in [1.29, 1.82) is 0 Å². The molecule has 214 valence electrons. The van der Waals surface area contributed by atoms with Gasteiger partial charge in [-0.15, -0.1) is 0 Å². The molecule has 39 heavy (non-hydrogen) atoms. The molecule has 0 unspecified atom stereocenters. The highest BCUT2D eigenvalue weighted by atomic mass is 19.4. The lowest BCUT2D eigenvalue weighted by Gasteiger charge is -2.33. The van der Waals surface area contributed by atoms with E-state index in [1.807, 2.05) is 0 Å².